The predicted octanol–water partition coefficient (Wildman–Crippen LogP) is 5.01. The molecule has 1 aliphatic rings. The Labute approximate surface area is 237 Å². The Bertz CT molecular complexity index is 1360. The van der Waals surface area contributed by atoms with Crippen LogP contribution >= 0.6 is 0 Å². The summed E-state index contributed by atoms with van der Waals surface area (Å²) in [4.78, 5) is 0. The zero-order valence-corrected chi connectivity index (χ0v) is 22.7. The fraction of sp³-hybridized carbons (Fsp3) is 0.333. The summed E-state index contributed by atoms with van der Waals surface area (Å²) in [5.74, 6) is 2.46. The molecule has 0 amide bonds. The summed E-state index contributed by atoms with van der Waals surface area (Å²) in [6, 6.07) is 27.5. The highest BCUT2D eigenvalue weighted by molar-refractivity contribution is 7.87. The molecule has 1 heterocycles. The van der Waals surface area contributed by atoms with Gasteiger partial charge in [0.1, 0.15) is 30.5 Å². The zero-order chi connectivity index (χ0) is 29.3. The third kappa shape index (κ3) is 8.39. The highest BCUT2D eigenvalue weighted by atomic mass is 32.2. The van der Waals surface area contributed by atoms with Crippen LogP contribution in [0.3, 0.4) is 0 Å². The lowest BCUT2D eigenvalue weighted by molar-refractivity contribution is -0.257. The lowest BCUT2D eigenvalue weighted by Gasteiger charge is -2.44. The lowest BCUT2D eigenvalue weighted by atomic mass is 9.94. The molecule has 0 aromatic heterocycles. The van der Waals surface area contributed by atoms with Gasteiger partial charge >= 0.3 is 15.6 Å². The van der Waals surface area contributed by atoms with Crippen LogP contribution in [0.25, 0.3) is 0 Å². The van der Waals surface area contributed by atoms with Crippen molar-refractivity contribution in [2.75, 3.05) is 6.61 Å². The smallest absolute Gasteiger partial charge is 0.368 e. The van der Waals surface area contributed by atoms with Crippen LogP contribution in [0.4, 0.5) is 13.2 Å². The maximum Gasteiger partial charge on any atom is 0.523 e. The van der Waals surface area contributed by atoms with Gasteiger partial charge in [-0.1, -0.05) is 96.9 Å². The standard InChI is InChI=1S/C30H29F3O7S/c1-2-25-27(36-18-22-12-6-3-7-13-22)29(38-20-24-16-10-5-11-17-24)28(37-19-23-14-8-4-9-15-23)26(40-25)21-39-41(34,35)30(31,32)33/h1,3-17,25-29H,18-21H2/t25-,26-,27-,28-,29-/m1/s1. The van der Waals surface area contributed by atoms with Crippen LogP contribution in [-0.2, 0) is 53.1 Å². The van der Waals surface area contributed by atoms with E-state index in [0.717, 1.165) is 16.7 Å². The van der Waals surface area contributed by atoms with Gasteiger partial charge in [0.15, 0.2) is 0 Å². The zero-order valence-electron chi connectivity index (χ0n) is 21.9. The predicted molar refractivity (Wildman–Crippen MR) is 143 cm³/mol. The van der Waals surface area contributed by atoms with E-state index in [0.29, 0.717) is 0 Å². The van der Waals surface area contributed by atoms with E-state index in [1.165, 1.54) is 0 Å². The average molecular weight is 591 g/mol. The fourth-order valence-electron chi connectivity index (χ4n) is 4.28. The van der Waals surface area contributed by atoms with Crippen molar-refractivity contribution in [1.29, 1.82) is 0 Å². The molecule has 0 unspecified atom stereocenters. The Morgan fingerprint density at radius 1 is 0.707 bits per heavy atom. The normalized spacial score (nSPS) is 23.1. The Kier molecular flexibility index (Phi) is 10.6. The van der Waals surface area contributed by atoms with Crippen LogP contribution in [0.15, 0.2) is 91.0 Å². The van der Waals surface area contributed by atoms with Crippen molar-refractivity contribution < 1.29 is 44.7 Å². The summed E-state index contributed by atoms with van der Waals surface area (Å²) in [7, 11) is -5.90. The molecule has 11 heteroatoms. The molecule has 7 nitrogen and oxygen atoms in total. The molecule has 1 aliphatic heterocycles. The molecule has 3 aromatic carbocycles. The molecule has 0 radical (unpaired) electrons. The second kappa shape index (κ2) is 14.1. The fourth-order valence-corrected chi connectivity index (χ4v) is 4.73. The minimum atomic E-state index is -5.90. The van der Waals surface area contributed by atoms with Gasteiger partial charge in [-0.05, 0) is 16.7 Å². The molecule has 1 saturated heterocycles. The first-order valence-corrected chi connectivity index (χ1v) is 14.1. The molecule has 0 saturated carbocycles. The second-order valence-electron chi connectivity index (χ2n) is 9.23. The van der Waals surface area contributed by atoms with E-state index in [9.17, 15) is 21.6 Å². The molecule has 4 rings (SSSR count). The number of hydrogen-bond donors (Lipinski definition) is 0. The maximum absolute atomic E-state index is 13.0. The number of alkyl halides is 3. The Morgan fingerprint density at radius 3 is 1.54 bits per heavy atom. The van der Waals surface area contributed by atoms with Crippen molar-refractivity contribution in [2.45, 2.75) is 55.8 Å². The van der Waals surface area contributed by atoms with E-state index in [1.807, 2.05) is 66.7 Å². The first kappa shape index (κ1) is 30.7. The topological polar surface area (TPSA) is 80.3 Å². The molecule has 218 valence electrons. The van der Waals surface area contributed by atoms with Crippen LogP contribution in [0.1, 0.15) is 16.7 Å². The summed E-state index contributed by atoms with van der Waals surface area (Å²) in [6.45, 7) is -0.758. The Morgan fingerprint density at radius 2 is 1.12 bits per heavy atom. The second-order valence-corrected chi connectivity index (χ2v) is 10.8. The van der Waals surface area contributed by atoms with E-state index in [-0.39, 0.29) is 19.8 Å². The number of benzene rings is 3. The van der Waals surface area contributed by atoms with Gasteiger partial charge in [0, 0.05) is 0 Å². The summed E-state index contributed by atoms with van der Waals surface area (Å²) in [6.07, 6.45) is 0.307. The van der Waals surface area contributed by atoms with Crippen molar-refractivity contribution in [3.8, 4) is 12.3 Å². The van der Waals surface area contributed by atoms with Gasteiger partial charge in [-0.2, -0.15) is 21.6 Å². The molecule has 41 heavy (non-hydrogen) atoms. The largest absolute Gasteiger partial charge is 0.523 e. The van der Waals surface area contributed by atoms with Gasteiger partial charge in [0.25, 0.3) is 0 Å². The van der Waals surface area contributed by atoms with Crippen molar-refractivity contribution >= 4 is 10.1 Å². The van der Waals surface area contributed by atoms with Crippen LogP contribution in [0.5, 0.6) is 0 Å². The third-order valence-corrected chi connectivity index (χ3v) is 7.34. The highest BCUT2D eigenvalue weighted by Crippen LogP contribution is 2.32. The summed E-state index contributed by atoms with van der Waals surface area (Å²) in [5, 5.41) is 0. The molecule has 1 fully saturated rings. The number of rotatable bonds is 12. The summed E-state index contributed by atoms with van der Waals surface area (Å²) in [5.41, 5.74) is -3.20. The van der Waals surface area contributed by atoms with E-state index in [2.05, 4.69) is 10.1 Å². The van der Waals surface area contributed by atoms with Gasteiger partial charge in [-0.3, -0.25) is 4.18 Å². The number of hydrogen-bond acceptors (Lipinski definition) is 7. The third-order valence-electron chi connectivity index (χ3n) is 6.32. The van der Waals surface area contributed by atoms with Gasteiger partial charge in [-0.15, -0.1) is 6.42 Å². The average Bonchev–Trinajstić information content (AvgIpc) is 2.98. The highest BCUT2D eigenvalue weighted by Gasteiger charge is 2.51. The Balaban J connectivity index is 1.64. The van der Waals surface area contributed by atoms with Crippen molar-refractivity contribution in [3.63, 3.8) is 0 Å². The molecular weight excluding hydrogens is 561 g/mol. The van der Waals surface area contributed by atoms with Crippen LogP contribution in [-0.4, -0.2) is 51.1 Å². The number of ether oxygens (including phenoxy) is 4. The van der Waals surface area contributed by atoms with Crippen molar-refractivity contribution in [1.82, 2.24) is 0 Å². The van der Waals surface area contributed by atoms with Crippen molar-refractivity contribution in [3.05, 3.63) is 108 Å². The molecule has 0 bridgehead atoms. The molecule has 0 N–H and O–H groups in total. The van der Waals surface area contributed by atoms with Crippen molar-refractivity contribution in [2.24, 2.45) is 0 Å². The number of halogens is 3. The SMILES string of the molecule is C#C[C@H]1O[C@H](COS(=O)(=O)C(F)(F)F)[C@@H](OCc2ccccc2)[C@H](OCc2ccccc2)[C@@H]1OCc1ccccc1. The van der Waals surface area contributed by atoms with E-state index < -0.39 is 52.8 Å². The van der Waals surface area contributed by atoms with Gasteiger partial charge < -0.3 is 18.9 Å². The Hall–Kier alpha value is -3.24. The lowest BCUT2D eigenvalue weighted by Crippen LogP contribution is -2.61. The minimum Gasteiger partial charge on any atom is -0.368 e. The monoisotopic (exact) mass is 590 g/mol. The molecule has 3 aromatic rings. The maximum atomic E-state index is 13.0. The first-order valence-electron chi connectivity index (χ1n) is 12.7. The summed E-state index contributed by atoms with van der Waals surface area (Å²) >= 11 is 0. The van der Waals surface area contributed by atoms with Crippen LogP contribution in [0.2, 0.25) is 0 Å². The minimum absolute atomic E-state index is 0.0225. The van der Waals surface area contributed by atoms with Gasteiger partial charge in [0.2, 0.25) is 0 Å². The van der Waals surface area contributed by atoms with E-state index in [4.69, 9.17) is 25.4 Å². The summed E-state index contributed by atoms with van der Waals surface area (Å²) < 4.78 is 91.4. The molecular formula is C30H29F3O7S. The van der Waals surface area contributed by atoms with E-state index in [1.54, 1.807) is 24.3 Å². The van der Waals surface area contributed by atoms with Crippen LogP contribution in [0, 0.1) is 12.3 Å². The quantitative estimate of drug-likeness (QED) is 0.167. The number of terminal acetylenes is 1. The van der Waals surface area contributed by atoms with Gasteiger partial charge in [0.05, 0.1) is 26.4 Å². The van der Waals surface area contributed by atoms with Crippen LogP contribution < -0.4 is 0 Å². The first-order chi connectivity index (χ1) is 19.7. The molecule has 5 atom stereocenters. The molecule has 0 aliphatic carbocycles. The molecule has 0 spiro atoms. The van der Waals surface area contributed by atoms with Gasteiger partial charge in [-0.25, -0.2) is 0 Å². The van der Waals surface area contributed by atoms with E-state index >= 15 is 0 Å².